The smallest absolute Gasteiger partial charge is 0.115 e. The van der Waals surface area contributed by atoms with Crippen LogP contribution in [-0.2, 0) is 0 Å². The maximum Gasteiger partial charge on any atom is 0.115 e. The van der Waals surface area contributed by atoms with Gasteiger partial charge in [-0.05, 0) is 48.8 Å². The maximum absolute atomic E-state index is 9.20. The summed E-state index contributed by atoms with van der Waals surface area (Å²) >= 11 is 0. The van der Waals surface area contributed by atoms with E-state index in [9.17, 15) is 5.11 Å². The van der Waals surface area contributed by atoms with Gasteiger partial charge in [-0.2, -0.15) is 0 Å². The minimum atomic E-state index is 0.288. The van der Waals surface area contributed by atoms with Crippen LogP contribution >= 0.6 is 0 Å². The highest BCUT2D eigenvalue weighted by Gasteiger charge is 2.02. The van der Waals surface area contributed by atoms with Crippen LogP contribution in [0.2, 0.25) is 0 Å². The Kier molecular flexibility index (Phi) is 4.27. The van der Waals surface area contributed by atoms with Crippen molar-refractivity contribution in [3.8, 4) is 5.75 Å². The summed E-state index contributed by atoms with van der Waals surface area (Å²) < 4.78 is 0. The summed E-state index contributed by atoms with van der Waals surface area (Å²) in [4.78, 5) is 2.23. The average Bonchev–Trinajstić information content (AvgIpc) is 2.56. The first kappa shape index (κ1) is 13.3. The molecule has 1 heterocycles. The number of benzene rings is 1. The molecule has 0 fully saturated rings. The molecule has 2 nitrogen and oxygen atoms in total. The highest BCUT2D eigenvalue weighted by molar-refractivity contribution is 5.50. The molecular weight excluding hydrogens is 234 g/mol. The minimum Gasteiger partial charge on any atom is -0.508 e. The number of allylic oxidation sites excluding steroid dienone is 4. The molecule has 0 aromatic heterocycles. The molecule has 0 unspecified atom stereocenters. The highest BCUT2D eigenvalue weighted by atomic mass is 16.3. The largest absolute Gasteiger partial charge is 0.508 e. The maximum atomic E-state index is 9.20. The summed E-state index contributed by atoms with van der Waals surface area (Å²) in [5.41, 5.74) is 6.82. The van der Waals surface area contributed by atoms with E-state index in [-0.39, 0.29) is 5.75 Å². The van der Waals surface area contributed by atoms with E-state index in [1.165, 1.54) is 11.3 Å². The van der Waals surface area contributed by atoms with Crippen LogP contribution in [0.25, 0.3) is 6.08 Å². The van der Waals surface area contributed by atoms with E-state index in [1.54, 1.807) is 12.1 Å². The predicted octanol–water partition coefficient (Wildman–Crippen LogP) is 3.73. The number of hydrogen-bond acceptors (Lipinski definition) is 2. The summed E-state index contributed by atoms with van der Waals surface area (Å²) in [6, 6.07) is 7.10. The van der Waals surface area contributed by atoms with Crippen molar-refractivity contribution in [2.75, 3.05) is 13.6 Å². The van der Waals surface area contributed by atoms with Gasteiger partial charge in [-0.1, -0.05) is 24.3 Å². The Balaban J connectivity index is 2.08. The monoisotopic (exact) mass is 253 g/mol. The molecule has 1 aromatic carbocycles. The Labute approximate surface area is 114 Å². The molecule has 19 heavy (non-hydrogen) atoms. The Morgan fingerprint density at radius 1 is 1.16 bits per heavy atom. The van der Waals surface area contributed by atoms with Crippen molar-refractivity contribution in [2.24, 2.45) is 0 Å². The zero-order chi connectivity index (χ0) is 13.7. The SMILES string of the molecule is CC1=CCC(C=C=Cc2ccc(O)cc2)=CCN1C. The number of nitrogens with zero attached hydrogens (tertiary/aromatic N) is 1. The van der Waals surface area contributed by atoms with Gasteiger partial charge in [-0.15, -0.1) is 5.73 Å². The number of aromatic hydroxyl groups is 1. The Morgan fingerprint density at radius 2 is 1.89 bits per heavy atom. The van der Waals surface area contributed by atoms with E-state index in [1.807, 2.05) is 24.3 Å². The topological polar surface area (TPSA) is 23.5 Å². The van der Waals surface area contributed by atoms with Crippen LogP contribution in [0.4, 0.5) is 0 Å². The third-order valence-corrected chi connectivity index (χ3v) is 3.27. The zero-order valence-corrected chi connectivity index (χ0v) is 11.4. The molecule has 2 heteroatoms. The van der Waals surface area contributed by atoms with E-state index in [0.717, 1.165) is 18.5 Å². The molecule has 1 N–H and O–H groups in total. The quantitative estimate of drug-likeness (QED) is 0.812. The molecule has 98 valence electrons. The molecule has 0 saturated heterocycles. The van der Waals surface area contributed by atoms with Gasteiger partial charge >= 0.3 is 0 Å². The van der Waals surface area contributed by atoms with Crippen LogP contribution in [0.5, 0.6) is 5.75 Å². The van der Waals surface area contributed by atoms with Crippen LogP contribution < -0.4 is 0 Å². The summed E-state index contributed by atoms with van der Waals surface area (Å²) in [7, 11) is 2.10. The minimum absolute atomic E-state index is 0.288. The van der Waals surface area contributed by atoms with Crippen LogP contribution in [0.1, 0.15) is 18.9 Å². The van der Waals surface area contributed by atoms with Crippen molar-refractivity contribution < 1.29 is 5.11 Å². The molecule has 0 bridgehead atoms. The molecule has 0 atom stereocenters. The molecule has 0 amide bonds. The van der Waals surface area contributed by atoms with Gasteiger partial charge in [-0.3, -0.25) is 0 Å². The van der Waals surface area contributed by atoms with Crippen molar-refractivity contribution in [1.82, 2.24) is 4.90 Å². The fraction of sp³-hybridized carbons (Fsp3) is 0.235. The molecule has 1 aliphatic rings. The summed E-state index contributed by atoms with van der Waals surface area (Å²) in [6.07, 6.45) is 9.36. The Hall–Kier alpha value is -2.18. The standard InChI is InChI=1S/C17H19NO/c1-14-6-7-16(12-13-18(14)2)5-3-4-15-8-10-17(19)11-9-15/h4-6,8-12,19H,7,13H2,1-2H3. The average molecular weight is 253 g/mol. The van der Waals surface area contributed by atoms with Crippen LogP contribution in [0, 0.1) is 0 Å². The van der Waals surface area contributed by atoms with Gasteiger partial charge in [0.1, 0.15) is 5.75 Å². The highest BCUT2D eigenvalue weighted by Crippen LogP contribution is 2.14. The van der Waals surface area contributed by atoms with Crippen LogP contribution in [0.3, 0.4) is 0 Å². The molecule has 1 aliphatic heterocycles. The first-order valence-corrected chi connectivity index (χ1v) is 6.43. The normalized spacial score (nSPS) is 14.9. The van der Waals surface area contributed by atoms with Crippen molar-refractivity contribution >= 4 is 6.08 Å². The second kappa shape index (κ2) is 6.12. The third kappa shape index (κ3) is 3.90. The van der Waals surface area contributed by atoms with Crippen molar-refractivity contribution in [1.29, 1.82) is 0 Å². The molecule has 0 spiro atoms. The number of rotatable bonds is 2. The number of phenolic OH excluding ortho intramolecular Hbond substituents is 1. The zero-order valence-electron chi connectivity index (χ0n) is 11.4. The van der Waals surface area contributed by atoms with Crippen LogP contribution in [0.15, 0.2) is 59.5 Å². The number of hydrogen-bond donors (Lipinski definition) is 1. The molecule has 2 rings (SSSR count). The lowest BCUT2D eigenvalue weighted by Crippen LogP contribution is -2.14. The van der Waals surface area contributed by atoms with E-state index >= 15 is 0 Å². The van der Waals surface area contributed by atoms with E-state index in [2.05, 4.69) is 36.8 Å². The lowest BCUT2D eigenvalue weighted by atomic mass is 10.1. The summed E-state index contributed by atoms with van der Waals surface area (Å²) in [5, 5.41) is 9.20. The summed E-state index contributed by atoms with van der Waals surface area (Å²) in [5.74, 6) is 0.288. The Bertz CT molecular complexity index is 557. The first-order chi connectivity index (χ1) is 9.15. The molecule has 0 saturated carbocycles. The second-order valence-electron chi connectivity index (χ2n) is 4.76. The number of phenols is 1. The van der Waals surface area contributed by atoms with Crippen molar-refractivity contribution in [2.45, 2.75) is 13.3 Å². The summed E-state index contributed by atoms with van der Waals surface area (Å²) in [6.45, 7) is 3.07. The van der Waals surface area contributed by atoms with Gasteiger partial charge in [0.15, 0.2) is 0 Å². The molecular formula is C17H19NO. The Morgan fingerprint density at radius 3 is 2.63 bits per heavy atom. The fourth-order valence-electron chi connectivity index (χ4n) is 1.84. The lowest BCUT2D eigenvalue weighted by Gasteiger charge is -2.15. The third-order valence-electron chi connectivity index (χ3n) is 3.27. The van der Waals surface area contributed by atoms with Gasteiger partial charge in [0.05, 0.1) is 0 Å². The number of likely N-dealkylation sites (N-methyl/N-ethyl adjacent to an activating group) is 1. The van der Waals surface area contributed by atoms with Crippen molar-refractivity contribution in [3.05, 3.63) is 65.1 Å². The van der Waals surface area contributed by atoms with Gasteiger partial charge < -0.3 is 10.0 Å². The van der Waals surface area contributed by atoms with Gasteiger partial charge in [-0.25, -0.2) is 0 Å². The van der Waals surface area contributed by atoms with Gasteiger partial charge in [0.25, 0.3) is 0 Å². The van der Waals surface area contributed by atoms with Crippen LogP contribution in [-0.4, -0.2) is 23.6 Å². The fourth-order valence-corrected chi connectivity index (χ4v) is 1.84. The first-order valence-electron chi connectivity index (χ1n) is 6.43. The molecule has 0 aliphatic carbocycles. The van der Waals surface area contributed by atoms with Gasteiger partial charge in [0.2, 0.25) is 0 Å². The molecule has 0 radical (unpaired) electrons. The van der Waals surface area contributed by atoms with E-state index in [0.29, 0.717) is 0 Å². The second-order valence-corrected chi connectivity index (χ2v) is 4.76. The molecule has 1 aromatic rings. The van der Waals surface area contributed by atoms with E-state index < -0.39 is 0 Å². The van der Waals surface area contributed by atoms with Crippen molar-refractivity contribution in [3.63, 3.8) is 0 Å². The predicted molar refractivity (Wildman–Crippen MR) is 79.7 cm³/mol. The van der Waals surface area contributed by atoms with E-state index in [4.69, 9.17) is 0 Å². The van der Waals surface area contributed by atoms with Gasteiger partial charge in [0, 0.05) is 19.3 Å². The lowest BCUT2D eigenvalue weighted by molar-refractivity contribution is 0.467.